The molecule has 1 aliphatic rings. The van der Waals surface area contributed by atoms with E-state index in [0.29, 0.717) is 24.9 Å². The molecule has 0 spiro atoms. The number of carbonyl (C=O) groups excluding carboxylic acids is 1. The van der Waals surface area contributed by atoms with Gasteiger partial charge < -0.3 is 15.4 Å². The number of benzene rings is 1. The van der Waals surface area contributed by atoms with Gasteiger partial charge >= 0.3 is 0 Å². The highest BCUT2D eigenvalue weighted by Crippen LogP contribution is 2.26. The number of hydrogen-bond donors (Lipinski definition) is 2. The van der Waals surface area contributed by atoms with Gasteiger partial charge in [0.25, 0.3) is 5.91 Å². The lowest BCUT2D eigenvalue weighted by atomic mass is 10.2. The van der Waals surface area contributed by atoms with E-state index < -0.39 is 0 Å². The van der Waals surface area contributed by atoms with Gasteiger partial charge in [-0.25, -0.2) is 4.98 Å². The molecule has 1 fully saturated rings. The number of ether oxygens (including phenoxy) is 1. The highest BCUT2D eigenvalue weighted by molar-refractivity contribution is 7.09. The molecule has 1 aromatic heterocycles. The Hall–Kier alpha value is -1.92. The zero-order chi connectivity index (χ0) is 16.1. The van der Waals surface area contributed by atoms with Crippen LogP contribution in [0, 0.1) is 0 Å². The van der Waals surface area contributed by atoms with Crippen molar-refractivity contribution < 1.29 is 9.53 Å². The first-order valence-corrected chi connectivity index (χ1v) is 8.83. The number of amides is 1. The monoisotopic (exact) mass is 331 g/mol. The Morgan fingerprint density at radius 3 is 3.13 bits per heavy atom. The van der Waals surface area contributed by atoms with E-state index in [1.807, 2.05) is 36.6 Å². The minimum Gasteiger partial charge on any atom is -0.494 e. The van der Waals surface area contributed by atoms with Crippen molar-refractivity contribution in [3.8, 4) is 5.75 Å². The molecule has 2 N–H and O–H groups in total. The van der Waals surface area contributed by atoms with Crippen molar-refractivity contribution in [2.24, 2.45) is 0 Å². The quantitative estimate of drug-likeness (QED) is 0.854. The van der Waals surface area contributed by atoms with Crippen LogP contribution in [0.1, 0.15) is 46.9 Å². The first-order valence-electron chi connectivity index (χ1n) is 7.95. The standard InChI is InChI=1S/C17H21N3O2S/c1-2-22-15-8-4-3-6-12(15)10-19-16(21)14-11-23-17(20-14)13-7-5-9-18-13/h3-4,6,8,11,13,18H,2,5,7,9-10H2,1H3,(H,19,21). The molecule has 1 atom stereocenters. The van der Waals surface area contributed by atoms with Crippen LogP contribution in [0.25, 0.3) is 0 Å². The van der Waals surface area contributed by atoms with Gasteiger partial charge in [-0.1, -0.05) is 18.2 Å². The first kappa shape index (κ1) is 16.0. The second-order valence-corrected chi connectivity index (χ2v) is 6.33. The van der Waals surface area contributed by atoms with Crippen molar-refractivity contribution in [3.05, 3.63) is 45.9 Å². The molecule has 3 rings (SSSR count). The van der Waals surface area contributed by atoms with Gasteiger partial charge in [0.15, 0.2) is 0 Å². The molecule has 6 heteroatoms. The van der Waals surface area contributed by atoms with Gasteiger partial charge in [-0.15, -0.1) is 11.3 Å². The summed E-state index contributed by atoms with van der Waals surface area (Å²) < 4.78 is 5.57. The zero-order valence-electron chi connectivity index (χ0n) is 13.2. The van der Waals surface area contributed by atoms with Crippen LogP contribution in [-0.2, 0) is 6.54 Å². The van der Waals surface area contributed by atoms with E-state index >= 15 is 0 Å². The van der Waals surface area contributed by atoms with Gasteiger partial charge in [0.2, 0.25) is 0 Å². The summed E-state index contributed by atoms with van der Waals surface area (Å²) in [6.45, 7) is 4.02. The van der Waals surface area contributed by atoms with Crippen LogP contribution in [0.4, 0.5) is 0 Å². The van der Waals surface area contributed by atoms with Gasteiger partial charge in [-0.3, -0.25) is 4.79 Å². The summed E-state index contributed by atoms with van der Waals surface area (Å²) in [5.41, 5.74) is 1.46. The fourth-order valence-electron chi connectivity index (χ4n) is 2.66. The van der Waals surface area contributed by atoms with E-state index in [1.165, 1.54) is 6.42 Å². The summed E-state index contributed by atoms with van der Waals surface area (Å²) in [6, 6.07) is 8.05. The van der Waals surface area contributed by atoms with Crippen LogP contribution in [0.15, 0.2) is 29.6 Å². The molecule has 5 nitrogen and oxygen atoms in total. The summed E-state index contributed by atoms with van der Waals surface area (Å²) in [4.78, 5) is 16.8. The Labute approximate surface area is 140 Å². The van der Waals surface area contributed by atoms with Crippen molar-refractivity contribution >= 4 is 17.2 Å². The fourth-order valence-corrected chi connectivity index (χ4v) is 3.57. The Kier molecular flexibility index (Phi) is 5.25. The molecule has 1 saturated heterocycles. The number of nitrogens with zero attached hydrogens (tertiary/aromatic N) is 1. The van der Waals surface area contributed by atoms with Crippen molar-refractivity contribution in [2.75, 3.05) is 13.2 Å². The Bertz CT molecular complexity index is 665. The van der Waals surface area contributed by atoms with Gasteiger partial charge in [0.05, 0.1) is 12.6 Å². The maximum atomic E-state index is 12.3. The molecule has 1 aliphatic heterocycles. The van der Waals surface area contributed by atoms with Crippen LogP contribution in [-0.4, -0.2) is 24.0 Å². The molecule has 1 amide bonds. The third-order valence-corrected chi connectivity index (χ3v) is 4.78. The molecular formula is C17H21N3O2S. The lowest BCUT2D eigenvalue weighted by Gasteiger charge is -2.10. The minimum absolute atomic E-state index is 0.142. The fraction of sp³-hybridized carbons (Fsp3) is 0.412. The van der Waals surface area contributed by atoms with Crippen LogP contribution in [0.5, 0.6) is 5.75 Å². The second kappa shape index (κ2) is 7.57. The average Bonchev–Trinajstić information content (AvgIpc) is 3.25. The van der Waals surface area contributed by atoms with E-state index in [4.69, 9.17) is 4.74 Å². The summed E-state index contributed by atoms with van der Waals surface area (Å²) in [6.07, 6.45) is 2.26. The first-order chi connectivity index (χ1) is 11.3. The molecule has 122 valence electrons. The molecule has 2 aromatic rings. The van der Waals surface area contributed by atoms with E-state index in [2.05, 4.69) is 15.6 Å². The third kappa shape index (κ3) is 3.89. The lowest BCUT2D eigenvalue weighted by Crippen LogP contribution is -2.23. The highest BCUT2D eigenvalue weighted by Gasteiger charge is 2.21. The van der Waals surface area contributed by atoms with E-state index in [9.17, 15) is 4.79 Å². The van der Waals surface area contributed by atoms with Gasteiger partial charge in [0.1, 0.15) is 16.5 Å². The highest BCUT2D eigenvalue weighted by atomic mass is 32.1. The summed E-state index contributed by atoms with van der Waals surface area (Å²) in [5, 5.41) is 9.16. The Morgan fingerprint density at radius 1 is 1.48 bits per heavy atom. The minimum atomic E-state index is -0.142. The third-order valence-electron chi connectivity index (χ3n) is 3.82. The zero-order valence-corrected chi connectivity index (χ0v) is 14.0. The number of thiazole rings is 1. The van der Waals surface area contributed by atoms with E-state index in [1.54, 1.807) is 11.3 Å². The number of aromatic nitrogens is 1. The largest absolute Gasteiger partial charge is 0.494 e. The topological polar surface area (TPSA) is 63.2 Å². The lowest BCUT2D eigenvalue weighted by molar-refractivity contribution is 0.0946. The molecule has 0 aliphatic carbocycles. The van der Waals surface area contributed by atoms with Crippen molar-refractivity contribution in [2.45, 2.75) is 32.4 Å². The number of carbonyl (C=O) groups is 1. The molecule has 0 bridgehead atoms. The van der Waals surface area contributed by atoms with Crippen LogP contribution < -0.4 is 15.4 Å². The summed E-state index contributed by atoms with van der Waals surface area (Å²) in [5.74, 6) is 0.668. The van der Waals surface area contributed by atoms with Crippen molar-refractivity contribution in [3.63, 3.8) is 0 Å². The second-order valence-electron chi connectivity index (χ2n) is 5.44. The molecular weight excluding hydrogens is 310 g/mol. The Morgan fingerprint density at radius 2 is 2.35 bits per heavy atom. The molecule has 0 saturated carbocycles. The smallest absolute Gasteiger partial charge is 0.271 e. The van der Waals surface area contributed by atoms with Crippen molar-refractivity contribution in [1.82, 2.24) is 15.6 Å². The van der Waals surface area contributed by atoms with Gasteiger partial charge in [-0.2, -0.15) is 0 Å². The summed E-state index contributed by atoms with van der Waals surface area (Å²) in [7, 11) is 0. The van der Waals surface area contributed by atoms with Crippen LogP contribution >= 0.6 is 11.3 Å². The normalized spacial score (nSPS) is 17.2. The average molecular weight is 331 g/mol. The van der Waals surface area contributed by atoms with Crippen LogP contribution in [0.2, 0.25) is 0 Å². The van der Waals surface area contributed by atoms with E-state index in [-0.39, 0.29) is 5.91 Å². The number of nitrogens with one attached hydrogen (secondary N) is 2. The van der Waals surface area contributed by atoms with E-state index in [0.717, 1.165) is 29.3 Å². The maximum Gasteiger partial charge on any atom is 0.271 e. The maximum absolute atomic E-state index is 12.3. The molecule has 1 unspecified atom stereocenters. The number of para-hydroxylation sites is 1. The predicted molar refractivity (Wildman–Crippen MR) is 90.9 cm³/mol. The van der Waals surface area contributed by atoms with Gasteiger partial charge in [-0.05, 0) is 32.4 Å². The molecule has 0 radical (unpaired) electrons. The molecule has 2 heterocycles. The van der Waals surface area contributed by atoms with Crippen molar-refractivity contribution in [1.29, 1.82) is 0 Å². The number of hydrogen-bond acceptors (Lipinski definition) is 5. The molecule has 23 heavy (non-hydrogen) atoms. The number of rotatable bonds is 6. The predicted octanol–water partition coefficient (Wildman–Crippen LogP) is 2.90. The summed E-state index contributed by atoms with van der Waals surface area (Å²) >= 11 is 1.55. The SMILES string of the molecule is CCOc1ccccc1CNC(=O)c1csc(C2CCCN2)n1. The molecule has 1 aromatic carbocycles. The van der Waals surface area contributed by atoms with Crippen LogP contribution in [0.3, 0.4) is 0 Å². The Balaban J connectivity index is 1.61. The van der Waals surface area contributed by atoms with Gasteiger partial charge in [0, 0.05) is 17.5 Å².